The van der Waals surface area contributed by atoms with Gasteiger partial charge in [-0.3, -0.25) is 14.9 Å². The lowest BCUT2D eigenvalue weighted by atomic mass is 9.88. The molecule has 2 saturated heterocycles. The molecule has 1 aromatic rings. The van der Waals surface area contributed by atoms with Crippen LogP contribution in [-0.2, 0) is 9.59 Å². The molecule has 27 heavy (non-hydrogen) atoms. The van der Waals surface area contributed by atoms with Gasteiger partial charge in [0.1, 0.15) is 11.3 Å². The van der Waals surface area contributed by atoms with E-state index in [-0.39, 0.29) is 24.7 Å². The number of halogens is 1. The number of hydrogen-bond donors (Lipinski definition) is 2. The Balaban J connectivity index is 1.54. The number of piperidine rings is 1. The van der Waals surface area contributed by atoms with Crippen LogP contribution in [0.1, 0.15) is 44.1 Å². The quantitative estimate of drug-likeness (QED) is 0.752. The van der Waals surface area contributed by atoms with Gasteiger partial charge in [-0.15, -0.1) is 0 Å². The summed E-state index contributed by atoms with van der Waals surface area (Å²) in [4.78, 5) is 37.5. The number of rotatable bonds is 5. The van der Waals surface area contributed by atoms with Crippen LogP contribution in [-0.4, -0.2) is 48.5 Å². The third kappa shape index (κ3) is 4.18. The van der Waals surface area contributed by atoms with Gasteiger partial charge in [0.05, 0.1) is 7.11 Å². The van der Waals surface area contributed by atoms with Gasteiger partial charge in [0.15, 0.2) is 0 Å². The summed E-state index contributed by atoms with van der Waals surface area (Å²) >= 11 is 6.03. The van der Waals surface area contributed by atoms with E-state index < -0.39 is 11.6 Å². The second kappa shape index (κ2) is 7.76. The molecule has 0 aliphatic carbocycles. The number of carbonyl (C=O) groups is 3. The van der Waals surface area contributed by atoms with E-state index in [0.717, 1.165) is 24.2 Å². The molecular formula is C19H24ClN3O4. The zero-order valence-corrected chi connectivity index (χ0v) is 16.3. The van der Waals surface area contributed by atoms with E-state index in [1.54, 1.807) is 14.0 Å². The van der Waals surface area contributed by atoms with Crippen molar-refractivity contribution < 1.29 is 19.1 Å². The van der Waals surface area contributed by atoms with Gasteiger partial charge in [-0.1, -0.05) is 17.7 Å². The van der Waals surface area contributed by atoms with E-state index in [1.807, 2.05) is 23.1 Å². The number of likely N-dealkylation sites (tertiary alicyclic amines) is 1. The Bertz CT molecular complexity index is 761. The topological polar surface area (TPSA) is 87.7 Å². The van der Waals surface area contributed by atoms with Gasteiger partial charge in [0.25, 0.3) is 5.91 Å². The summed E-state index contributed by atoms with van der Waals surface area (Å²) in [5.41, 5.74) is 0.105. The maximum absolute atomic E-state index is 12.5. The molecule has 2 N–H and O–H groups in total. The maximum atomic E-state index is 12.5. The third-order valence-corrected chi connectivity index (χ3v) is 5.67. The molecule has 4 amide bonds. The van der Waals surface area contributed by atoms with Crippen LogP contribution in [0, 0.1) is 0 Å². The Labute approximate surface area is 163 Å². The lowest BCUT2D eigenvalue weighted by molar-refractivity contribution is -0.133. The van der Waals surface area contributed by atoms with Crippen molar-refractivity contribution in [3.63, 3.8) is 0 Å². The van der Waals surface area contributed by atoms with Gasteiger partial charge in [-0.25, -0.2) is 4.79 Å². The number of carbonyl (C=O) groups excluding carboxylic acids is 3. The van der Waals surface area contributed by atoms with Crippen LogP contribution in [0.4, 0.5) is 4.79 Å². The molecule has 2 fully saturated rings. The molecule has 2 heterocycles. The van der Waals surface area contributed by atoms with Gasteiger partial charge in [0, 0.05) is 24.5 Å². The van der Waals surface area contributed by atoms with E-state index in [2.05, 4.69) is 10.6 Å². The lowest BCUT2D eigenvalue weighted by Gasteiger charge is -2.33. The molecule has 0 spiro atoms. The minimum atomic E-state index is -1.01. The number of benzene rings is 1. The summed E-state index contributed by atoms with van der Waals surface area (Å²) in [6, 6.07) is 5.16. The largest absolute Gasteiger partial charge is 0.496 e. The molecule has 1 atom stereocenters. The minimum absolute atomic E-state index is 0.00620. The fourth-order valence-electron chi connectivity index (χ4n) is 3.73. The van der Waals surface area contributed by atoms with E-state index in [4.69, 9.17) is 16.3 Å². The summed E-state index contributed by atoms with van der Waals surface area (Å²) in [7, 11) is 1.63. The average molecular weight is 394 g/mol. The maximum Gasteiger partial charge on any atom is 0.322 e. The molecule has 0 saturated carbocycles. The second-order valence-corrected chi connectivity index (χ2v) is 7.72. The average Bonchev–Trinajstić information content (AvgIpc) is 2.91. The number of nitrogens with one attached hydrogen (secondary N) is 2. The molecular weight excluding hydrogens is 370 g/mol. The van der Waals surface area contributed by atoms with Crippen LogP contribution >= 0.6 is 11.6 Å². The Morgan fingerprint density at radius 2 is 2.04 bits per heavy atom. The molecule has 1 aromatic carbocycles. The first-order chi connectivity index (χ1) is 12.8. The van der Waals surface area contributed by atoms with Gasteiger partial charge in [0.2, 0.25) is 5.91 Å². The molecule has 0 unspecified atom stereocenters. The summed E-state index contributed by atoms with van der Waals surface area (Å²) in [5.74, 6) is 0.724. The minimum Gasteiger partial charge on any atom is -0.496 e. The highest BCUT2D eigenvalue weighted by Crippen LogP contribution is 2.36. The number of methoxy groups -OCH3 is 1. The predicted octanol–water partition coefficient (Wildman–Crippen LogP) is 2.43. The number of amides is 4. The number of urea groups is 1. The second-order valence-electron chi connectivity index (χ2n) is 7.28. The number of imide groups is 1. The summed E-state index contributed by atoms with van der Waals surface area (Å²) in [6.07, 6.45) is 2.20. The van der Waals surface area contributed by atoms with Crippen LogP contribution in [0.3, 0.4) is 0 Å². The first-order valence-electron chi connectivity index (χ1n) is 9.07. The highest BCUT2D eigenvalue weighted by molar-refractivity contribution is 6.30. The smallest absolute Gasteiger partial charge is 0.322 e. The van der Waals surface area contributed by atoms with E-state index in [9.17, 15) is 14.4 Å². The van der Waals surface area contributed by atoms with Crippen LogP contribution < -0.4 is 15.4 Å². The van der Waals surface area contributed by atoms with Crippen molar-refractivity contribution in [1.29, 1.82) is 0 Å². The van der Waals surface area contributed by atoms with Crippen molar-refractivity contribution in [3.8, 4) is 5.75 Å². The fraction of sp³-hybridized carbons (Fsp3) is 0.526. The number of nitrogens with zero attached hydrogens (tertiary/aromatic N) is 1. The number of ether oxygens (including phenoxy) is 1. The van der Waals surface area contributed by atoms with Crippen molar-refractivity contribution in [2.75, 3.05) is 20.2 Å². The predicted molar refractivity (Wildman–Crippen MR) is 101 cm³/mol. The third-order valence-electron chi connectivity index (χ3n) is 5.44. The van der Waals surface area contributed by atoms with Crippen molar-refractivity contribution >= 4 is 29.4 Å². The summed E-state index contributed by atoms with van der Waals surface area (Å²) in [5, 5.41) is 5.44. The van der Waals surface area contributed by atoms with Gasteiger partial charge < -0.3 is 15.0 Å². The molecule has 2 aliphatic rings. The van der Waals surface area contributed by atoms with Gasteiger partial charge >= 0.3 is 6.03 Å². The highest BCUT2D eigenvalue weighted by atomic mass is 35.5. The molecule has 2 aliphatic heterocycles. The van der Waals surface area contributed by atoms with E-state index in [0.29, 0.717) is 24.0 Å². The normalized spacial score (nSPS) is 23.1. The van der Waals surface area contributed by atoms with Gasteiger partial charge in [-0.05, 0) is 49.8 Å². The molecule has 0 radical (unpaired) electrons. The molecule has 0 aromatic heterocycles. The standard InChI is InChI=1S/C19H24ClN3O4/c1-19(17(25)21-18(26)22-19)8-5-16(24)23-9-6-12(7-10-23)14-4-3-13(20)11-15(14)27-2/h3-4,11-12H,5-10H2,1-2H3,(H2,21,22,25,26)/t19-/m1/s1. The van der Waals surface area contributed by atoms with Crippen LogP contribution in [0.15, 0.2) is 18.2 Å². The van der Waals surface area contributed by atoms with Crippen LogP contribution in [0.5, 0.6) is 5.75 Å². The van der Waals surface area contributed by atoms with Crippen molar-refractivity contribution in [2.45, 2.75) is 44.1 Å². The Hall–Kier alpha value is -2.28. The fourth-order valence-corrected chi connectivity index (χ4v) is 3.89. The van der Waals surface area contributed by atoms with Crippen molar-refractivity contribution in [2.24, 2.45) is 0 Å². The van der Waals surface area contributed by atoms with Crippen LogP contribution in [0.2, 0.25) is 5.02 Å². The molecule has 0 bridgehead atoms. The van der Waals surface area contributed by atoms with E-state index >= 15 is 0 Å². The SMILES string of the molecule is COc1cc(Cl)ccc1C1CCN(C(=O)CC[C@@]2(C)NC(=O)NC2=O)CC1. The van der Waals surface area contributed by atoms with Crippen LogP contribution in [0.25, 0.3) is 0 Å². The molecule has 8 heteroatoms. The summed E-state index contributed by atoms with van der Waals surface area (Å²) < 4.78 is 5.44. The van der Waals surface area contributed by atoms with E-state index in [1.165, 1.54) is 0 Å². The summed E-state index contributed by atoms with van der Waals surface area (Å²) in [6.45, 7) is 2.95. The first kappa shape index (κ1) is 19.5. The number of hydrogen-bond acceptors (Lipinski definition) is 4. The molecule has 7 nitrogen and oxygen atoms in total. The molecule has 3 rings (SSSR count). The van der Waals surface area contributed by atoms with Gasteiger partial charge in [-0.2, -0.15) is 0 Å². The monoisotopic (exact) mass is 393 g/mol. The lowest BCUT2D eigenvalue weighted by Crippen LogP contribution is -2.45. The first-order valence-corrected chi connectivity index (χ1v) is 9.45. The Morgan fingerprint density at radius 1 is 1.33 bits per heavy atom. The molecule has 146 valence electrons. The van der Waals surface area contributed by atoms with Crippen molar-refractivity contribution in [3.05, 3.63) is 28.8 Å². The zero-order valence-electron chi connectivity index (χ0n) is 15.5. The zero-order chi connectivity index (χ0) is 19.6. The highest BCUT2D eigenvalue weighted by Gasteiger charge is 2.42. The Morgan fingerprint density at radius 3 is 2.63 bits per heavy atom. The Kier molecular flexibility index (Phi) is 5.60. The van der Waals surface area contributed by atoms with Crippen molar-refractivity contribution in [1.82, 2.24) is 15.5 Å².